The van der Waals surface area contributed by atoms with E-state index in [1.807, 2.05) is 24.3 Å². The Bertz CT molecular complexity index is 480. The van der Waals surface area contributed by atoms with Gasteiger partial charge < -0.3 is 15.5 Å². The number of benzene rings is 1. The maximum absolute atomic E-state index is 5.62. The predicted molar refractivity (Wildman–Crippen MR) is 68.4 cm³/mol. The van der Waals surface area contributed by atoms with E-state index in [0.717, 1.165) is 10.0 Å². The molecule has 2 aromatic rings. The van der Waals surface area contributed by atoms with Crippen LogP contribution in [-0.2, 0) is 6.54 Å². The number of halogens is 1. The molecule has 1 atom stereocenters. The normalized spacial score (nSPS) is 12.4. The number of aromatic nitrogens is 2. The van der Waals surface area contributed by atoms with Gasteiger partial charge in [0.15, 0.2) is 0 Å². The number of nitrogens with one attached hydrogen (secondary N) is 1. The van der Waals surface area contributed by atoms with Crippen LogP contribution in [0.15, 0.2) is 33.2 Å². The first-order valence-corrected chi connectivity index (χ1v) is 6.02. The standard InChI is InChI=1S/C11H13BrN4O/c1-7(13)10-15-16-11(17-10)14-6-8-2-4-9(12)5-3-8/h2-5,7H,6,13H2,1H3,(H,14,16). The SMILES string of the molecule is CC(N)c1nnc(NCc2ccc(Br)cc2)o1. The molecule has 0 saturated heterocycles. The quantitative estimate of drug-likeness (QED) is 0.906. The highest BCUT2D eigenvalue weighted by Gasteiger charge is 2.09. The highest BCUT2D eigenvalue weighted by molar-refractivity contribution is 9.10. The van der Waals surface area contributed by atoms with Gasteiger partial charge in [-0.2, -0.15) is 0 Å². The van der Waals surface area contributed by atoms with E-state index in [9.17, 15) is 0 Å². The van der Waals surface area contributed by atoms with Crippen LogP contribution in [0.25, 0.3) is 0 Å². The van der Waals surface area contributed by atoms with Gasteiger partial charge in [-0.25, -0.2) is 0 Å². The van der Waals surface area contributed by atoms with Gasteiger partial charge in [0, 0.05) is 11.0 Å². The lowest BCUT2D eigenvalue weighted by molar-refractivity contribution is 0.472. The first kappa shape index (κ1) is 12.1. The Labute approximate surface area is 108 Å². The van der Waals surface area contributed by atoms with Crippen molar-refractivity contribution >= 4 is 21.9 Å². The Morgan fingerprint density at radius 1 is 1.35 bits per heavy atom. The minimum absolute atomic E-state index is 0.245. The number of anilines is 1. The second-order valence-corrected chi connectivity index (χ2v) is 4.63. The summed E-state index contributed by atoms with van der Waals surface area (Å²) in [4.78, 5) is 0. The molecule has 1 unspecified atom stereocenters. The van der Waals surface area contributed by atoms with Crippen LogP contribution in [0, 0.1) is 0 Å². The lowest BCUT2D eigenvalue weighted by atomic mass is 10.2. The molecule has 6 heteroatoms. The molecular formula is C11H13BrN4O. The predicted octanol–water partition coefficient (Wildman–Crippen LogP) is 2.46. The maximum Gasteiger partial charge on any atom is 0.315 e. The van der Waals surface area contributed by atoms with Gasteiger partial charge in [0.1, 0.15) is 0 Å². The summed E-state index contributed by atoms with van der Waals surface area (Å²) in [5.74, 6) is 0.434. The van der Waals surface area contributed by atoms with E-state index in [1.165, 1.54) is 0 Å². The molecule has 0 fully saturated rings. The molecule has 0 spiro atoms. The Hall–Kier alpha value is -1.40. The molecule has 5 nitrogen and oxygen atoms in total. The van der Waals surface area contributed by atoms with E-state index in [4.69, 9.17) is 10.2 Å². The summed E-state index contributed by atoms with van der Waals surface area (Å²) < 4.78 is 6.38. The second-order valence-electron chi connectivity index (χ2n) is 3.71. The van der Waals surface area contributed by atoms with Crippen LogP contribution in [0.2, 0.25) is 0 Å². The van der Waals surface area contributed by atoms with Crippen molar-refractivity contribution < 1.29 is 4.42 Å². The Kier molecular flexibility index (Phi) is 3.75. The fourth-order valence-corrected chi connectivity index (χ4v) is 1.53. The zero-order valence-electron chi connectivity index (χ0n) is 9.35. The van der Waals surface area contributed by atoms with Crippen LogP contribution in [0.1, 0.15) is 24.4 Å². The van der Waals surface area contributed by atoms with Crippen molar-refractivity contribution in [3.8, 4) is 0 Å². The van der Waals surface area contributed by atoms with Gasteiger partial charge in [0.25, 0.3) is 0 Å². The molecule has 3 N–H and O–H groups in total. The van der Waals surface area contributed by atoms with Crippen molar-refractivity contribution in [1.29, 1.82) is 0 Å². The summed E-state index contributed by atoms with van der Waals surface area (Å²) >= 11 is 3.39. The minimum Gasteiger partial charge on any atom is -0.406 e. The van der Waals surface area contributed by atoms with Crippen LogP contribution in [0.5, 0.6) is 0 Å². The lowest BCUT2D eigenvalue weighted by Crippen LogP contribution is -2.04. The van der Waals surface area contributed by atoms with E-state index < -0.39 is 0 Å². The maximum atomic E-state index is 5.62. The molecule has 1 aromatic heterocycles. The molecule has 0 aliphatic carbocycles. The third-order valence-corrected chi connectivity index (χ3v) is 2.72. The number of rotatable bonds is 4. The van der Waals surface area contributed by atoms with Gasteiger partial charge in [-0.05, 0) is 24.6 Å². The summed E-state index contributed by atoms with van der Waals surface area (Å²) in [6, 6.07) is 8.14. The second kappa shape index (κ2) is 5.29. The molecule has 0 amide bonds. The molecule has 0 bridgehead atoms. The molecule has 1 heterocycles. The van der Waals surface area contributed by atoms with Gasteiger partial charge in [0.2, 0.25) is 5.89 Å². The van der Waals surface area contributed by atoms with E-state index in [2.05, 4.69) is 31.4 Å². The lowest BCUT2D eigenvalue weighted by Gasteiger charge is -2.01. The first-order valence-electron chi connectivity index (χ1n) is 5.22. The van der Waals surface area contributed by atoms with Gasteiger partial charge in [-0.1, -0.05) is 33.2 Å². The smallest absolute Gasteiger partial charge is 0.315 e. The van der Waals surface area contributed by atoms with Crippen LogP contribution >= 0.6 is 15.9 Å². The third kappa shape index (κ3) is 3.28. The summed E-state index contributed by atoms with van der Waals surface area (Å²) in [7, 11) is 0. The summed E-state index contributed by atoms with van der Waals surface area (Å²) in [5.41, 5.74) is 6.75. The molecule has 0 aliphatic rings. The van der Waals surface area contributed by atoms with Crippen molar-refractivity contribution in [1.82, 2.24) is 10.2 Å². The summed E-state index contributed by atoms with van der Waals surface area (Å²) in [5, 5.41) is 10.7. The minimum atomic E-state index is -0.245. The molecule has 0 saturated carbocycles. The monoisotopic (exact) mass is 296 g/mol. The molecule has 90 valence electrons. The fourth-order valence-electron chi connectivity index (χ4n) is 1.27. The number of nitrogens with two attached hydrogens (primary N) is 1. The van der Waals surface area contributed by atoms with Crippen molar-refractivity contribution in [3.05, 3.63) is 40.2 Å². The number of hydrogen-bond acceptors (Lipinski definition) is 5. The van der Waals surface area contributed by atoms with E-state index >= 15 is 0 Å². The van der Waals surface area contributed by atoms with Crippen molar-refractivity contribution in [2.45, 2.75) is 19.5 Å². The molecule has 0 aliphatic heterocycles. The summed E-state index contributed by atoms with van der Waals surface area (Å²) in [6.45, 7) is 2.43. The Morgan fingerprint density at radius 2 is 2.06 bits per heavy atom. The topological polar surface area (TPSA) is 77.0 Å². The van der Waals surface area contributed by atoms with Crippen molar-refractivity contribution in [2.75, 3.05) is 5.32 Å². The molecule has 2 rings (SSSR count). The zero-order valence-corrected chi connectivity index (χ0v) is 10.9. The number of nitrogens with zero attached hydrogens (tertiary/aromatic N) is 2. The highest BCUT2D eigenvalue weighted by atomic mass is 79.9. The van der Waals surface area contributed by atoms with Crippen LogP contribution in [0.3, 0.4) is 0 Å². The van der Waals surface area contributed by atoms with Gasteiger partial charge in [0.05, 0.1) is 6.04 Å². The zero-order chi connectivity index (χ0) is 12.3. The molecule has 17 heavy (non-hydrogen) atoms. The Morgan fingerprint density at radius 3 is 2.65 bits per heavy atom. The fraction of sp³-hybridized carbons (Fsp3) is 0.273. The van der Waals surface area contributed by atoms with Crippen molar-refractivity contribution in [3.63, 3.8) is 0 Å². The molecule has 1 aromatic carbocycles. The van der Waals surface area contributed by atoms with Crippen LogP contribution in [-0.4, -0.2) is 10.2 Å². The average molecular weight is 297 g/mol. The largest absolute Gasteiger partial charge is 0.406 e. The van der Waals surface area contributed by atoms with E-state index in [-0.39, 0.29) is 6.04 Å². The van der Waals surface area contributed by atoms with Crippen LogP contribution < -0.4 is 11.1 Å². The molecular weight excluding hydrogens is 284 g/mol. The third-order valence-electron chi connectivity index (χ3n) is 2.19. The van der Waals surface area contributed by atoms with Gasteiger partial charge >= 0.3 is 6.01 Å². The van der Waals surface area contributed by atoms with E-state index in [1.54, 1.807) is 6.92 Å². The first-order chi connectivity index (χ1) is 8.15. The van der Waals surface area contributed by atoms with Gasteiger partial charge in [-0.3, -0.25) is 0 Å². The van der Waals surface area contributed by atoms with Crippen molar-refractivity contribution in [2.24, 2.45) is 5.73 Å². The average Bonchev–Trinajstić information content (AvgIpc) is 2.77. The highest BCUT2D eigenvalue weighted by Crippen LogP contribution is 2.14. The summed E-state index contributed by atoms with van der Waals surface area (Å²) in [6.07, 6.45) is 0. The molecule has 0 radical (unpaired) electrons. The van der Waals surface area contributed by atoms with Gasteiger partial charge in [-0.15, -0.1) is 5.10 Å². The number of hydrogen-bond donors (Lipinski definition) is 2. The Balaban J connectivity index is 1.95. The van der Waals surface area contributed by atoms with Crippen LogP contribution in [0.4, 0.5) is 6.01 Å². The van der Waals surface area contributed by atoms with E-state index in [0.29, 0.717) is 18.5 Å².